The molecule has 27 heavy (non-hydrogen) atoms. The first-order valence-corrected chi connectivity index (χ1v) is 10.8. The molecule has 2 aliphatic heterocycles. The van der Waals surface area contributed by atoms with E-state index in [4.69, 9.17) is 0 Å². The molecule has 0 saturated carbocycles. The number of rotatable bonds is 6. The Morgan fingerprint density at radius 3 is 2.63 bits per heavy atom. The zero-order valence-corrected chi connectivity index (χ0v) is 16.8. The molecule has 0 bridgehead atoms. The number of benzene rings is 1. The van der Waals surface area contributed by atoms with E-state index in [2.05, 4.69) is 21.6 Å². The van der Waals surface area contributed by atoms with Crippen LogP contribution in [0.4, 0.5) is 5.69 Å². The number of hydrogen-bond donors (Lipinski definition) is 2. The number of hydrogen-bond acceptors (Lipinski definition) is 5. The molecule has 0 aromatic heterocycles. The minimum absolute atomic E-state index is 0.140. The van der Waals surface area contributed by atoms with Crippen LogP contribution >= 0.6 is 0 Å². The number of carbonyl (C=O) groups is 1. The summed E-state index contributed by atoms with van der Waals surface area (Å²) < 4.78 is 26.2. The summed E-state index contributed by atoms with van der Waals surface area (Å²) in [6, 6.07) is 4.87. The van der Waals surface area contributed by atoms with Crippen LogP contribution in [0, 0.1) is 0 Å². The maximum absolute atomic E-state index is 12.9. The standard InChI is InChI=1S/C19H28N4O3S/c1-22(2)27(25,26)16-5-6-18(23-11-3-4-12-23)17(13-16)19(24)21-14-15-7-9-20-10-8-15/h5-7,13,20H,3-4,8-12,14H2,1-2H3,(H,21,24). The van der Waals surface area contributed by atoms with E-state index in [-0.39, 0.29) is 10.8 Å². The summed E-state index contributed by atoms with van der Waals surface area (Å²) in [5.41, 5.74) is 2.43. The highest BCUT2D eigenvalue weighted by molar-refractivity contribution is 7.89. The Balaban J connectivity index is 1.89. The second-order valence-electron chi connectivity index (χ2n) is 7.16. The molecule has 2 heterocycles. The van der Waals surface area contributed by atoms with Gasteiger partial charge in [0.15, 0.2) is 0 Å². The van der Waals surface area contributed by atoms with Gasteiger partial charge in [-0.15, -0.1) is 0 Å². The Morgan fingerprint density at radius 2 is 2.00 bits per heavy atom. The molecule has 1 aromatic carbocycles. The van der Waals surface area contributed by atoms with Crippen LogP contribution in [0.25, 0.3) is 0 Å². The second kappa shape index (κ2) is 8.41. The first-order chi connectivity index (χ1) is 12.9. The molecule has 148 valence electrons. The molecule has 0 radical (unpaired) electrons. The van der Waals surface area contributed by atoms with Gasteiger partial charge in [0, 0.05) is 46.0 Å². The van der Waals surface area contributed by atoms with Crippen molar-refractivity contribution < 1.29 is 13.2 Å². The lowest BCUT2D eigenvalue weighted by molar-refractivity contribution is 0.0957. The number of amides is 1. The van der Waals surface area contributed by atoms with E-state index >= 15 is 0 Å². The molecule has 0 unspecified atom stereocenters. The Labute approximate surface area is 161 Å². The molecule has 8 heteroatoms. The van der Waals surface area contributed by atoms with Crippen LogP contribution < -0.4 is 15.5 Å². The lowest BCUT2D eigenvalue weighted by atomic mass is 10.1. The Kier molecular flexibility index (Phi) is 6.18. The van der Waals surface area contributed by atoms with Gasteiger partial charge >= 0.3 is 0 Å². The van der Waals surface area contributed by atoms with Crippen molar-refractivity contribution in [3.63, 3.8) is 0 Å². The third kappa shape index (κ3) is 4.51. The Morgan fingerprint density at radius 1 is 1.26 bits per heavy atom. The van der Waals surface area contributed by atoms with Crippen LogP contribution in [0.3, 0.4) is 0 Å². The third-order valence-corrected chi connectivity index (χ3v) is 6.88. The molecule has 2 N–H and O–H groups in total. The molecule has 1 fully saturated rings. The van der Waals surface area contributed by atoms with Crippen molar-refractivity contribution in [2.24, 2.45) is 0 Å². The van der Waals surface area contributed by atoms with E-state index < -0.39 is 10.0 Å². The van der Waals surface area contributed by atoms with Crippen molar-refractivity contribution >= 4 is 21.6 Å². The van der Waals surface area contributed by atoms with Crippen molar-refractivity contribution in [3.8, 4) is 0 Å². The molecule has 1 aromatic rings. The fourth-order valence-electron chi connectivity index (χ4n) is 3.42. The molecule has 3 rings (SSSR count). The van der Waals surface area contributed by atoms with Gasteiger partial charge in [0.1, 0.15) is 0 Å². The predicted molar refractivity (Wildman–Crippen MR) is 107 cm³/mol. The molecule has 1 saturated heterocycles. The van der Waals surface area contributed by atoms with Crippen molar-refractivity contribution in [3.05, 3.63) is 35.4 Å². The molecule has 0 spiro atoms. The smallest absolute Gasteiger partial charge is 0.253 e. The van der Waals surface area contributed by atoms with E-state index in [9.17, 15) is 13.2 Å². The van der Waals surface area contributed by atoms with E-state index in [0.29, 0.717) is 12.1 Å². The summed E-state index contributed by atoms with van der Waals surface area (Å²) >= 11 is 0. The predicted octanol–water partition coefficient (Wildman–Crippen LogP) is 1.19. The maximum atomic E-state index is 12.9. The average molecular weight is 393 g/mol. The van der Waals surface area contributed by atoms with Gasteiger partial charge in [-0.1, -0.05) is 11.6 Å². The normalized spacial score (nSPS) is 17.9. The zero-order chi connectivity index (χ0) is 19.4. The Hall–Kier alpha value is -1.90. The zero-order valence-electron chi connectivity index (χ0n) is 16.0. The van der Waals surface area contributed by atoms with Gasteiger partial charge in [-0.3, -0.25) is 4.79 Å². The van der Waals surface area contributed by atoms with E-state index in [0.717, 1.165) is 51.1 Å². The summed E-state index contributed by atoms with van der Waals surface area (Å²) in [7, 11) is -0.607. The Bertz CT molecular complexity index is 827. The van der Waals surface area contributed by atoms with Gasteiger partial charge in [0.2, 0.25) is 10.0 Å². The number of nitrogens with zero attached hydrogens (tertiary/aromatic N) is 2. The fraction of sp³-hybridized carbons (Fsp3) is 0.526. The summed E-state index contributed by atoms with van der Waals surface area (Å²) in [5, 5.41) is 6.22. The minimum atomic E-state index is -3.59. The number of sulfonamides is 1. The van der Waals surface area contributed by atoms with E-state index in [1.165, 1.54) is 30.0 Å². The van der Waals surface area contributed by atoms with Gasteiger partial charge in [0.25, 0.3) is 5.91 Å². The topological polar surface area (TPSA) is 81.8 Å². The van der Waals surface area contributed by atoms with Crippen LogP contribution in [0.2, 0.25) is 0 Å². The highest BCUT2D eigenvalue weighted by Crippen LogP contribution is 2.28. The molecular weight excluding hydrogens is 364 g/mol. The van der Waals surface area contributed by atoms with Gasteiger partial charge in [-0.2, -0.15) is 0 Å². The molecule has 7 nitrogen and oxygen atoms in total. The summed E-state index contributed by atoms with van der Waals surface area (Å²) in [5.74, 6) is -0.230. The first-order valence-electron chi connectivity index (χ1n) is 9.38. The second-order valence-corrected chi connectivity index (χ2v) is 9.31. The van der Waals surface area contributed by atoms with Crippen LogP contribution in [0.15, 0.2) is 34.7 Å². The van der Waals surface area contributed by atoms with Gasteiger partial charge in [0.05, 0.1) is 10.5 Å². The van der Waals surface area contributed by atoms with Crippen molar-refractivity contribution in [1.29, 1.82) is 0 Å². The van der Waals surface area contributed by atoms with E-state index in [1.807, 2.05) is 0 Å². The number of nitrogens with one attached hydrogen (secondary N) is 2. The summed E-state index contributed by atoms with van der Waals surface area (Å²) in [4.78, 5) is 15.2. The van der Waals surface area contributed by atoms with Crippen LogP contribution in [0.1, 0.15) is 29.6 Å². The fourth-order valence-corrected chi connectivity index (χ4v) is 4.35. The van der Waals surface area contributed by atoms with Gasteiger partial charge in [-0.05, 0) is 44.0 Å². The van der Waals surface area contributed by atoms with Gasteiger partial charge in [-0.25, -0.2) is 12.7 Å². The summed E-state index contributed by atoms with van der Waals surface area (Å²) in [6.07, 6.45) is 5.17. The average Bonchev–Trinajstić information content (AvgIpc) is 3.21. The SMILES string of the molecule is CN(C)S(=O)(=O)c1ccc(N2CCCC2)c(C(=O)NCC2=CCNCC2)c1. The molecule has 1 amide bonds. The van der Waals surface area contributed by atoms with Crippen molar-refractivity contribution in [2.75, 3.05) is 51.7 Å². The number of anilines is 1. The third-order valence-electron chi connectivity index (χ3n) is 5.07. The van der Waals surface area contributed by atoms with Gasteiger partial charge < -0.3 is 15.5 Å². The van der Waals surface area contributed by atoms with E-state index in [1.54, 1.807) is 12.1 Å². The largest absolute Gasteiger partial charge is 0.371 e. The lowest BCUT2D eigenvalue weighted by Gasteiger charge is -2.23. The molecule has 0 aliphatic carbocycles. The van der Waals surface area contributed by atoms with Crippen molar-refractivity contribution in [2.45, 2.75) is 24.2 Å². The molecular formula is C19H28N4O3S. The quantitative estimate of drug-likeness (QED) is 0.711. The highest BCUT2D eigenvalue weighted by atomic mass is 32.2. The van der Waals surface area contributed by atoms with Crippen LogP contribution in [-0.4, -0.2) is 65.4 Å². The van der Waals surface area contributed by atoms with Crippen molar-refractivity contribution in [1.82, 2.24) is 14.9 Å². The number of carbonyl (C=O) groups excluding carboxylic acids is 1. The highest BCUT2D eigenvalue weighted by Gasteiger charge is 2.24. The maximum Gasteiger partial charge on any atom is 0.253 e. The first kappa shape index (κ1) is 19.9. The van der Waals surface area contributed by atoms with Crippen LogP contribution in [0.5, 0.6) is 0 Å². The molecule has 0 atom stereocenters. The molecule has 2 aliphatic rings. The lowest BCUT2D eigenvalue weighted by Crippen LogP contribution is -2.31. The van der Waals surface area contributed by atoms with Crippen LogP contribution in [-0.2, 0) is 10.0 Å². The summed E-state index contributed by atoms with van der Waals surface area (Å²) in [6.45, 7) is 4.00. The monoisotopic (exact) mass is 392 g/mol. The minimum Gasteiger partial charge on any atom is -0.371 e.